The van der Waals surface area contributed by atoms with E-state index in [0.29, 0.717) is 0 Å². The van der Waals surface area contributed by atoms with Crippen molar-refractivity contribution >= 4 is 17.3 Å². The van der Waals surface area contributed by atoms with Crippen LogP contribution in [0.15, 0.2) is 6.20 Å². The van der Waals surface area contributed by atoms with Crippen molar-refractivity contribution in [1.29, 1.82) is 0 Å². The zero-order chi connectivity index (χ0) is 9.84. The number of carbonyl (C=O) groups excluding carboxylic acids is 1. The maximum atomic E-state index is 10.9. The molecule has 0 aliphatic heterocycles. The van der Waals surface area contributed by atoms with Gasteiger partial charge in [-0.25, -0.2) is 4.98 Å². The molecule has 0 unspecified atom stereocenters. The summed E-state index contributed by atoms with van der Waals surface area (Å²) < 4.78 is 4.51. The number of nitrogens with two attached hydrogens (primary N) is 1. The highest BCUT2D eigenvalue weighted by Gasteiger charge is 2.14. The van der Waals surface area contributed by atoms with Gasteiger partial charge in [-0.2, -0.15) is 0 Å². The molecule has 1 rings (SSSR count). The Morgan fingerprint density at radius 1 is 1.85 bits per heavy atom. The van der Waals surface area contributed by atoms with E-state index < -0.39 is 0 Å². The highest BCUT2D eigenvalue weighted by Crippen LogP contribution is 2.20. The number of aromatic nitrogens is 1. The number of carbonyl (C=O) groups is 1. The second kappa shape index (κ2) is 4.34. The summed E-state index contributed by atoms with van der Waals surface area (Å²) in [6.07, 6.45) is 1.93. The molecule has 0 saturated heterocycles. The van der Waals surface area contributed by atoms with Gasteiger partial charge < -0.3 is 10.5 Å². The number of thiazole rings is 1. The van der Waals surface area contributed by atoms with Gasteiger partial charge in [0.25, 0.3) is 0 Å². The van der Waals surface area contributed by atoms with E-state index in [9.17, 15) is 4.79 Å². The average molecular weight is 200 g/mol. The molecule has 72 valence electrons. The maximum absolute atomic E-state index is 10.9. The summed E-state index contributed by atoms with van der Waals surface area (Å²) in [4.78, 5) is 16.1. The van der Waals surface area contributed by atoms with Gasteiger partial charge in [0.15, 0.2) is 0 Å². The minimum absolute atomic E-state index is 0.184. The number of rotatable bonds is 3. The van der Waals surface area contributed by atoms with Crippen LogP contribution in [-0.4, -0.2) is 18.1 Å². The minimum Gasteiger partial charge on any atom is -0.469 e. The van der Waals surface area contributed by atoms with E-state index in [1.165, 1.54) is 18.4 Å². The van der Waals surface area contributed by atoms with Gasteiger partial charge in [-0.15, -0.1) is 11.3 Å². The highest BCUT2D eigenvalue weighted by molar-refractivity contribution is 7.11. The lowest BCUT2D eigenvalue weighted by molar-refractivity contribution is -0.141. The third-order valence-corrected chi connectivity index (χ3v) is 2.62. The lowest BCUT2D eigenvalue weighted by Gasteiger charge is -2.05. The van der Waals surface area contributed by atoms with Crippen LogP contribution in [0.5, 0.6) is 0 Å². The molecule has 1 aromatic rings. The first kappa shape index (κ1) is 10.1. The summed E-state index contributed by atoms with van der Waals surface area (Å²) >= 11 is 1.50. The van der Waals surface area contributed by atoms with Crippen LogP contribution in [-0.2, 0) is 9.53 Å². The molecule has 0 aromatic carbocycles. The molecular formula is C8H12N2O2S. The van der Waals surface area contributed by atoms with Crippen molar-refractivity contribution in [3.8, 4) is 0 Å². The number of hydrogen-bond donors (Lipinski definition) is 1. The third-order valence-electron chi connectivity index (χ3n) is 1.57. The Bertz CT molecular complexity index is 298. The second-order valence-electron chi connectivity index (χ2n) is 2.70. The van der Waals surface area contributed by atoms with Crippen molar-refractivity contribution in [1.82, 2.24) is 4.98 Å². The Morgan fingerprint density at radius 3 is 3.00 bits per heavy atom. The van der Waals surface area contributed by atoms with E-state index in [1.54, 1.807) is 6.20 Å². The Kier molecular flexibility index (Phi) is 3.39. The van der Waals surface area contributed by atoms with E-state index in [-0.39, 0.29) is 18.4 Å². The quantitative estimate of drug-likeness (QED) is 0.740. The van der Waals surface area contributed by atoms with E-state index >= 15 is 0 Å². The van der Waals surface area contributed by atoms with Gasteiger partial charge >= 0.3 is 5.97 Å². The van der Waals surface area contributed by atoms with Gasteiger partial charge in [-0.1, -0.05) is 0 Å². The highest BCUT2D eigenvalue weighted by atomic mass is 32.1. The van der Waals surface area contributed by atoms with Gasteiger partial charge in [0, 0.05) is 11.1 Å². The van der Waals surface area contributed by atoms with Gasteiger partial charge in [0.2, 0.25) is 0 Å². The average Bonchev–Trinajstić information content (AvgIpc) is 2.51. The summed E-state index contributed by atoms with van der Waals surface area (Å²) in [7, 11) is 1.35. The summed E-state index contributed by atoms with van der Waals surface area (Å²) in [5.74, 6) is -0.305. The summed E-state index contributed by atoms with van der Waals surface area (Å²) in [6.45, 7) is 1.95. The van der Waals surface area contributed by atoms with E-state index in [1.807, 2.05) is 6.92 Å². The summed E-state index contributed by atoms with van der Waals surface area (Å²) in [5.41, 5.74) is 5.73. The van der Waals surface area contributed by atoms with Crippen LogP contribution >= 0.6 is 11.3 Å². The Balaban J connectivity index is 2.58. The topological polar surface area (TPSA) is 65.2 Å². The van der Waals surface area contributed by atoms with Crippen molar-refractivity contribution < 1.29 is 9.53 Å². The van der Waals surface area contributed by atoms with Gasteiger partial charge in [0.1, 0.15) is 5.01 Å². The number of ether oxygens (including phenoxy) is 1. The van der Waals surface area contributed by atoms with E-state index in [0.717, 1.165) is 9.88 Å². The van der Waals surface area contributed by atoms with Gasteiger partial charge in [0.05, 0.1) is 19.6 Å². The Morgan fingerprint density at radius 2 is 2.54 bits per heavy atom. The van der Waals surface area contributed by atoms with Crippen molar-refractivity contribution in [3.05, 3.63) is 16.1 Å². The maximum Gasteiger partial charge on any atom is 0.307 e. The molecule has 0 aliphatic rings. The standard InChI is InChI=1S/C8H12N2O2S/c1-5-4-10-8(13-5)6(9)3-7(11)12-2/h4,6H,3,9H2,1-2H3/t6-/m1/s1. The van der Waals surface area contributed by atoms with Gasteiger partial charge in [-0.3, -0.25) is 4.79 Å². The molecular weight excluding hydrogens is 188 g/mol. The molecule has 0 aliphatic carbocycles. The number of aryl methyl sites for hydroxylation is 1. The monoisotopic (exact) mass is 200 g/mol. The minimum atomic E-state index is -0.342. The van der Waals surface area contributed by atoms with Crippen molar-refractivity contribution in [2.45, 2.75) is 19.4 Å². The van der Waals surface area contributed by atoms with Crippen LogP contribution in [0.4, 0.5) is 0 Å². The molecule has 5 heteroatoms. The number of hydrogen-bond acceptors (Lipinski definition) is 5. The predicted molar refractivity (Wildman–Crippen MR) is 50.4 cm³/mol. The smallest absolute Gasteiger partial charge is 0.307 e. The molecule has 1 heterocycles. The SMILES string of the molecule is COC(=O)C[C@@H](N)c1ncc(C)s1. The molecule has 0 radical (unpaired) electrons. The molecule has 1 atom stereocenters. The molecule has 2 N–H and O–H groups in total. The Labute approximate surface area is 80.7 Å². The van der Waals surface area contributed by atoms with Crippen LogP contribution in [0.2, 0.25) is 0 Å². The second-order valence-corrected chi connectivity index (χ2v) is 3.96. The fourth-order valence-corrected chi connectivity index (χ4v) is 1.67. The largest absolute Gasteiger partial charge is 0.469 e. The van der Waals surface area contributed by atoms with Crippen LogP contribution in [0, 0.1) is 6.92 Å². The molecule has 4 nitrogen and oxygen atoms in total. The molecule has 1 aromatic heterocycles. The summed E-state index contributed by atoms with van der Waals surface area (Å²) in [5, 5.41) is 0.780. The molecule has 0 spiro atoms. The third kappa shape index (κ3) is 2.78. The number of methoxy groups -OCH3 is 1. The van der Waals surface area contributed by atoms with Gasteiger partial charge in [-0.05, 0) is 6.92 Å². The van der Waals surface area contributed by atoms with Crippen molar-refractivity contribution in [2.75, 3.05) is 7.11 Å². The zero-order valence-electron chi connectivity index (χ0n) is 7.61. The molecule has 13 heavy (non-hydrogen) atoms. The lowest BCUT2D eigenvalue weighted by Crippen LogP contribution is -2.15. The van der Waals surface area contributed by atoms with E-state index in [4.69, 9.17) is 5.73 Å². The molecule has 0 saturated carbocycles. The number of esters is 1. The van der Waals surface area contributed by atoms with Crippen molar-refractivity contribution in [2.24, 2.45) is 5.73 Å². The van der Waals surface area contributed by atoms with Crippen LogP contribution in [0.1, 0.15) is 22.3 Å². The van der Waals surface area contributed by atoms with Crippen molar-refractivity contribution in [3.63, 3.8) is 0 Å². The summed E-state index contributed by atoms with van der Waals surface area (Å²) in [6, 6.07) is -0.342. The van der Waals surface area contributed by atoms with Crippen LogP contribution < -0.4 is 5.73 Å². The predicted octanol–water partition coefficient (Wildman–Crippen LogP) is 1.01. The molecule has 0 amide bonds. The Hall–Kier alpha value is -0.940. The molecule has 0 fully saturated rings. The normalized spacial score (nSPS) is 12.5. The van der Waals surface area contributed by atoms with Crippen LogP contribution in [0.3, 0.4) is 0 Å². The zero-order valence-corrected chi connectivity index (χ0v) is 8.43. The lowest BCUT2D eigenvalue weighted by atomic mass is 10.2. The first-order chi connectivity index (χ1) is 6.13. The fraction of sp³-hybridized carbons (Fsp3) is 0.500. The first-order valence-electron chi connectivity index (χ1n) is 3.88. The molecule has 0 bridgehead atoms. The van der Waals surface area contributed by atoms with E-state index in [2.05, 4.69) is 9.72 Å². The number of nitrogens with zero attached hydrogens (tertiary/aromatic N) is 1. The first-order valence-corrected chi connectivity index (χ1v) is 4.70. The van der Waals surface area contributed by atoms with Crippen LogP contribution in [0.25, 0.3) is 0 Å². The fourth-order valence-electron chi connectivity index (χ4n) is 0.894.